The summed E-state index contributed by atoms with van der Waals surface area (Å²) in [5.74, 6) is 1.67. The van der Waals surface area contributed by atoms with Crippen LogP contribution in [0.15, 0.2) is 47.2 Å². The second-order valence-corrected chi connectivity index (χ2v) is 5.13. The van der Waals surface area contributed by atoms with Crippen LogP contribution in [0.2, 0.25) is 0 Å². The first-order chi connectivity index (χ1) is 9.24. The van der Waals surface area contributed by atoms with Gasteiger partial charge >= 0.3 is 0 Å². The summed E-state index contributed by atoms with van der Waals surface area (Å²) in [6.07, 6.45) is 3.72. The lowest BCUT2D eigenvalue weighted by atomic mass is 10.3. The van der Waals surface area contributed by atoms with Gasteiger partial charge in [-0.25, -0.2) is 4.98 Å². The zero-order chi connectivity index (χ0) is 13.2. The van der Waals surface area contributed by atoms with Gasteiger partial charge in [-0.15, -0.1) is 10.2 Å². The molecule has 0 aliphatic rings. The molecule has 0 fully saturated rings. The van der Waals surface area contributed by atoms with Crippen LogP contribution in [0, 0.1) is 0 Å². The van der Waals surface area contributed by atoms with Gasteiger partial charge in [0.1, 0.15) is 5.82 Å². The van der Waals surface area contributed by atoms with Crippen molar-refractivity contribution in [1.82, 2.24) is 19.6 Å². The van der Waals surface area contributed by atoms with E-state index < -0.39 is 0 Å². The number of aromatic nitrogens is 4. The maximum Gasteiger partial charge on any atom is 0.160 e. The number of halogens is 1. The van der Waals surface area contributed by atoms with Gasteiger partial charge in [0.25, 0.3) is 0 Å². The lowest BCUT2D eigenvalue weighted by Crippen LogP contribution is -2.11. The van der Waals surface area contributed by atoms with Gasteiger partial charge in [0.05, 0.1) is 6.04 Å². The van der Waals surface area contributed by atoms with Crippen molar-refractivity contribution in [1.29, 1.82) is 0 Å². The normalized spacial score (nSPS) is 12.5. The van der Waals surface area contributed by atoms with Gasteiger partial charge in [-0.05, 0) is 47.1 Å². The van der Waals surface area contributed by atoms with Gasteiger partial charge in [-0.1, -0.05) is 6.07 Å². The summed E-state index contributed by atoms with van der Waals surface area (Å²) < 4.78 is 2.93. The van der Waals surface area contributed by atoms with Gasteiger partial charge in [0.15, 0.2) is 11.5 Å². The minimum Gasteiger partial charge on any atom is -0.360 e. The van der Waals surface area contributed by atoms with Crippen molar-refractivity contribution in [3.8, 4) is 0 Å². The smallest absolute Gasteiger partial charge is 0.160 e. The molecule has 1 N–H and O–H groups in total. The molecule has 0 saturated heterocycles. The number of hydrogen-bond donors (Lipinski definition) is 1. The van der Waals surface area contributed by atoms with E-state index in [1.54, 1.807) is 6.20 Å². The van der Waals surface area contributed by atoms with Crippen molar-refractivity contribution in [2.45, 2.75) is 13.0 Å². The first-order valence-electron chi connectivity index (χ1n) is 5.92. The van der Waals surface area contributed by atoms with Gasteiger partial charge in [-0.2, -0.15) is 0 Å². The highest BCUT2D eigenvalue weighted by Gasteiger charge is 2.13. The van der Waals surface area contributed by atoms with Crippen molar-refractivity contribution in [3.63, 3.8) is 0 Å². The van der Waals surface area contributed by atoms with Crippen molar-refractivity contribution in [2.75, 3.05) is 5.32 Å². The van der Waals surface area contributed by atoms with Crippen LogP contribution in [0.1, 0.15) is 18.8 Å². The largest absolute Gasteiger partial charge is 0.360 e. The summed E-state index contributed by atoms with van der Waals surface area (Å²) in [7, 11) is 0. The Balaban J connectivity index is 1.87. The van der Waals surface area contributed by atoms with E-state index in [0.29, 0.717) is 0 Å². The molecule has 3 aromatic heterocycles. The quantitative estimate of drug-likeness (QED) is 0.806. The van der Waals surface area contributed by atoms with E-state index in [4.69, 9.17) is 0 Å². The molecule has 3 aromatic rings. The van der Waals surface area contributed by atoms with Crippen LogP contribution < -0.4 is 5.32 Å². The molecule has 1 atom stereocenters. The predicted molar refractivity (Wildman–Crippen MR) is 77.0 cm³/mol. The summed E-state index contributed by atoms with van der Waals surface area (Å²) in [5, 5.41) is 11.7. The number of nitrogens with one attached hydrogen (secondary N) is 1. The van der Waals surface area contributed by atoms with Crippen LogP contribution in [-0.2, 0) is 0 Å². The minimum absolute atomic E-state index is 0.0195. The molecule has 0 aliphatic heterocycles. The highest BCUT2D eigenvalue weighted by molar-refractivity contribution is 9.10. The van der Waals surface area contributed by atoms with E-state index in [-0.39, 0.29) is 6.04 Å². The fourth-order valence-electron chi connectivity index (χ4n) is 1.90. The second-order valence-electron chi connectivity index (χ2n) is 4.21. The second kappa shape index (κ2) is 4.97. The monoisotopic (exact) mass is 317 g/mol. The first-order valence-corrected chi connectivity index (χ1v) is 6.71. The Kier molecular flexibility index (Phi) is 3.16. The average Bonchev–Trinajstić information content (AvgIpc) is 2.85. The van der Waals surface area contributed by atoms with E-state index in [2.05, 4.69) is 36.4 Å². The Morgan fingerprint density at radius 2 is 2.11 bits per heavy atom. The summed E-state index contributed by atoms with van der Waals surface area (Å²) in [6.45, 7) is 2.03. The third-order valence-electron chi connectivity index (χ3n) is 2.82. The van der Waals surface area contributed by atoms with Gasteiger partial charge in [0, 0.05) is 16.9 Å². The SMILES string of the molecule is C[C@@H](Nc1ccc(Br)cn1)c1nnc2ccccn12. The number of rotatable bonds is 3. The number of pyridine rings is 2. The molecule has 0 aromatic carbocycles. The van der Waals surface area contributed by atoms with Crippen molar-refractivity contribution < 1.29 is 0 Å². The third-order valence-corrected chi connectivity index (χ3v) is 3.29. The molecule has 19 heavy (non-hydrogen) atoms. The van der Waals surface area contributed by atoms with E-state index in [1.165, 1.54) is 0 Å². The van der Waals surface area contributed by atoms with E-state index >= 15 is 0 Å². The highest BCUT2D eigenvalue weighted by atomic mass is 79.9. The summed E-state index contributed by atoms with van der Waals surface area (Å²) >= 11 is 3.37. The Labute approximate surface area is 118 Å². The van der Waals surface area contributed by atoms with Crippen molar-refractivity contribution in [2.24, 2.45) is 0 Å². The molecule has 0 unspecified atom stereocenters. The molecule has 0 spiro atoms. The Morgan fingerprint density at radius 3 is 2.89 bits per heavy atom. The van der Waals surface area contributed by atoms with E-state index in [1.807, 2.05) is 47.9 Å². The fraction of sp³-hybridized carbons (Fsp3) is 0.154. The lowest BCUT2D eigenvalue weighted by Gasteiger charge is -2.12. The predicted octanol–water partition coefficient (Wildman–Crippen LogP) is 3.06. The van der Waals surface area contributed by atoms with Crippen LogP contribution in [0.4, 0.5) is 5.82 Å². The number of hydrogen-bond acceptors (Lipinski definition) is 4. The molecular formula is C13H12BrN5. The molecule has 3 heterocycles. The van der Waals surface area contributed by atoms with Crippen LogP contribution in [0.3, 0.4) is 0 Å². The molecule has 0 saturated carbocycles. The highest BCUT2D eigenvalue weighted by Crippen LogP contribution is 2.18. The molecule has 0 amide bonds. The Bertz CT molecular complexity index is 692. The van der Waals surface area contributed by atoms with Gasteiger partial charge in [0.2, 0.25) is 0 Å². The number of fused-ring (bicyclic) bond motifs is 1. The molecule has 0 radical (unpaired) electrons. The molecular weight excluding hydrogens is 306 g/mol. The molecule has 0 bridgehead atoms. The molecule has 5 nitrogen and oxygen atoms in total. The van der Waals surface area contributed by atoms with Crippen molar-refractivity contribution in [3.05, 3.63) is 53.0 Å². The van der Waals surface area contributed by atoms with Crippen LogP contribution in [0.25, 0.3) is 5.65 Å². The Morgan fingerprint density at radius 1 is 1.21 bits per heavy atom. The van der Waals surface area contributed by atoms with Gasteiger partial charge < -0.3 is 5.32 Å². The van der Waals surface area contributed by atoms with Crippen LogP contribution >= 0.6 is 15.9 Å². The average molecular weight is 318 g/mol. The molecule has 0 aliphatic carbocycles. The Hall–Kier alpha value is -1.95. The summed E-state index contributed by atoms with van der Waals surface area (Å²) in [4.78, 5) is 4.29. The number of nitrogens with zero attached hydrogens (tertiary/aromatic N) is 4. The summed E-state index contributed by atoms with van der Waals surface area (Å²) in [5.41, 5.74) is 0.843. The zero-order valence-corrected chi connectivity index (χ0v) is 11.9. The molecule has 3 rings (SSSR count). The van der Waals surface area contributed by atoms with Gasteiger partial charge in [-0.3, -0.25) is 4.40 Å². The fourth-order valence-corrected chi connectivity index (χ4v) is 2.14. The maximum absolute atomic E-state index is 4.29. The zero-order valence-electron chi connectivity index (χ0n) is 10.3. The summed E-state index contributed by atoms with van der Waals surface area (Å²) in [6, 6.07) is 9.73. The molecule has 6 heteroatoms. The maximum atomic E-state index is 4.29. The van der Waals surface area contributed by atoms with E-state index in [0.717, 1.165) is 21.8 Å². The topological polar surface area (TPSA) is 55.1 Å². The standard InChI is InChI=1S/C13H12BrN5/c1-9(16-11-6-5-10(14)8-15-11)13-18-17-12-4-2-3-7-19(12)13/h2-9H,1H3,(H,15,16)/t9-/m1/s1. The van der Waals surface area contributed by atoms with Crippen molar-refractivity contribution >= 4 is 27.4 Å². The van der Waals surface area contributed by atoms with Crippen LogP contribution in [0.5, 0.6) is 0 Å². The lowest BCUT2D eigenvalue weighted by molar-refractivity contribution is 0.768. The first kappa shape index (κ1) is 12.1. The molecule has 96 valence electrons. The third kappa shape index (κ3) is 2.44. The number of anilines is 1. The van der Waals surface area contributed by atoms with Crippen LogP contribution in [-0.4, -0.2) is 19.6 Å². The minimum atomic E-state index is 0.0195. The van der Waals surface area contributed by atoms with E-state index in [9.17, 15) is 0 Å².